The predicted octanol–water partition coefficient (Wildman–Crippen LogP) is 2.77. The van der Waals surface area contributed by atoms with Crippen LogP contribution in [0.1, 0.15) is 28.5 Å². The molecule has 116 valence electrons. The number of Topliss-reactive ketones (excluding diaryl/α,β-unsaturated/α-hetero) is 2. The average Bonchev–Trinajstić information content (AvgIpc) is 3.22. The highest BCUT2D eigenvalue weighted by Gasteiger charge is 2.48. The van der Waals surface area contributed by atoms with Crippen LogP contribution in [0.2, 0.25) is 5.02 Å². The van der Waals surface area contributed by atoms with Gasteiger partial charge in [-0.05, 0) is 30.0 Å². The van der Waals surface area contributed by atoms with Crippen molar-refractivity contribution in [1.82, 2.24) is 9.55 Å². The van der Waals surface area contributed by atoms with Crippen molar-refractivity contribution in [2.45, 2.75) is 12.3 Å². The zero-order valence-corrected chi connectivity index (χ0v) is 13.2. The van der Waals surface area contributed by atoms with Crippen molar-refractivity contribution in [1.29, 1.82) is 5.26 Å². The van der Waals surface area contributed by atoms with E-state index in [0.717, 1.165) is 5.56 Å². The number of imidazole rings is 1. The van der Waals surface area contributed by atoms with Gasteiger partial charge in [-0.15, -0.1) is 0 Å². The molecular weight excluding hydrogens is 314 g/mol. The van der Waals surface area contributed by atoms with Gasteiger partial charge >= 0.3 is 0 Å². The summed E-state index contributed by atoms with van der Waals surface area (Å²) in [6, 6.07) is 9.15. The first-order valence-corrected chi connectivity index (χ1v) is 7.61. The summed E-state index contributed by atoms with van der Waals surface area (Å²) in [6.07, 6.45) is 3.74. The molecule has 1 aromatic carbocycles. The van der Waals surface area contributed by atoms with Gasteiger partial charge in [-0.1, -0.05) is 23.7 Å². The second-order valence-corrected chi connectivity index (χ2v) is 6.13. The van der Waals surface area contributed by atoms with Crippen LogP contribution in [-0.2, 0) is 11.8 Å². The molecule has 5 nitrogen and oxygen atoms in total. The molecule has 0 aliphatic heterocycles. The Balaban J connectivity index is 1.75. The second-order valence-electron chi connectivity index (χ2n) is 5.69. The lowest BCUT2D eigenvalue weighted by Crippen LogP contribution is -2.26. The predicted molar refractivity (Wildman–Crippen MR) is 83.9 cm³/mol. The third-order valence-electron chi connectivity index (χ3n) is 4.17. The third-order valence-corrected chi connectivity index (χ3v) is 4.42. The molecule has 1 aliphatic rings. The highest BCUT2D eigenvalue weighted by atomic mass is 35.5. The number of benzene rings is 1. The molecule has 1 aliphatic carbocycles. The molecule has 1 heterocycles. The van der Waals surface area contributed by atoms with E-state index in [9.17, 15) is 14.9 Å². The van der Waals surface area contributed by atoms with Gasteiger partial charge in [-0.2, -0.15) is 5.26 Å². The molecule has 6 heteroatoms. The number of nitrogens with zero attached hydrogens (tertiary/aromatic N) is 3. The second kappa shape index (κ2) is 5.98. The Bertz CT molecular complexity index is 804. The quantitative estimate of drug-likeness (QED) is 0.625. The van der Waals surface area contributed by atoms with Crippen molar-refractivity contribution in [2.24, 2.45) is 18.9 Å². The highest BCUT2D eigenvalue weighted by molar-refractivity contribution is 6.30. The largest absolute Gasteiger partial charge is 0.332 e. The SMILES string of the molecule is Cn1ccnc1C(=O)[C@H](C#N)C(=O)[C@@H]1C[C@@H]1c1ccc(Cl)cc1. The summed E-state index contributed by atoms with van der Waals surface area (Å²) in [7, 11) is 1.66. The molecule has 0 N–H and O–H groups in total. The van der Waals surface area contributed by atoms with Crippen LogP contribution >= 0.6 is 11.6 Å². The van der Waals surface area contributed by atoms with E-state index in [2.05, 4.69) is 4.98 Å². The zero-order valence-electron chi connectivity index (χ0n) is 12.4. The molecular formula is C17H14ClN3O2. The van der Waals surface area contributed by atoms with Crippen molar-refractivity contribution in [3.05, 3.63) is 53.1 Å². The van der Waals surface area contributed by atoms with Gasteiger partial charge in [0.05, 0.1) is 6.07 Å². The molecule has 0 unspecified atom stereocenters. The number of hydrogen-bond acceptors (Lipinski definition) is 4. The Morgan fingerprint density at radius 3 is 2.65 bits per heavy atom. The van der Waals surface area contributed by atoms with Gasteiger partial charge in [0, 0.05) is 30.4 Å². The fraction of sp³-hybridized carbons (Fsp3) is 0.294. The number of carbonyl (C=O) groups is 2. The summed E-state index contributed by atoms with van der Waals surface area (Å²) in [5.74, 6) is -2.24. The Kier molecular flexibility index (Phi) is 4.01. The van der Waals surface area contributed by atoms with Crippen molar-refractivity contribution in [3.8, 4) is 6.07 Å². The molecule has 3 atom stereocenters. The first-order chi connectivity index (χ1) is 11.0. The first-order valence-electron chi connectivity index (χ1n) is 7.23. The normalized spacial score (nSPS) is 20.6. The smallest absolute Gasteiger partial charge is 0.222 e. The summed E-state index contributed by atoms with van der Waals surface area (Å²) in [5.41, 5.74) is 1.01. The lowest BCUT2D eigenvalue weighted by molar-refractivity contribution is -0.121. The molecule has 2 aromatic rings. The molecule has 0 bridgehead atoms. The van der Waals surface area contributed by atoms with Crippen molar-refractivity contribution >= 4 is 23.2 Å². The van der Waals surface area contributed by atoms with E-state index in [1.54, 1.807) is 25.4 Å². The standard InChI is InChI=1S/C17H14ClN3O2/c1-21-7-6-20-17(21)16(23)14(9-19)15(22)13-8-12(13)10-2-4-11(18)5-3-10/h2-7,12-14H,8H2,1H3/t12-,13-,14-/m1/s1. The maximum Gasteiger partial charge on any atom is 0.222 e. The van der Waals surface area contributed by atoms with Crippen LogP contribution < -0.4 is 0 Å². The van der Waals surface area contributed by atoms with Gasteiger partial charge in [0.25, 0.3) is 0 Å². The Morgan fingerprint density at radius 1 is 1.39 bits per heavy atom. The van der Waals surface area contributed by atoms with Crippen LogP contribution in [0.5, 0.6) is 0 Å². The van der Waals surface area contributed by atoms with Crippen molar-refractivity contribution in [3.63, 3.8) is 0 Å². The molecule has 0 saturated heterocycles. The molecule has 3 rings (SSSR count). The fourth-order valence-electron chi connectivity index (χ4n) is 2.79. The minimum atomic E-state index is -1.29. The van der Waals surface area contributed by atoms with Gasteiger partial charge in [0.15, 0.2) is 17.5 Å². The van der Waals surface area contributed by atoms with Crippen molar-refractivity contribution < 1.29 is 9.59 Å². The molecule has 23 heavy (non-hydrogen) atoms. The maximum atomic E-state index is 12.5. The van der Waals surface area contributed by atoms with Gasteiger partial charge in [-0.3, -0.25) is 9.59 Å². The number of nitriles is 1. The van der Waals surface area contributed by atoms with E-state index < -0.39 is 11.7 Å². The number of carbonyl (C=O) groups excluding carboxylic acids is 2. The summed E-state index contributed by atoms with van der Waals surface area (Å²) >= 11 is 5.86. The molecule has 1 saturated carbocycles. The highest BCUT2D eigenvalue weighted by Crippen LogP contribution is 2.49. The Hall–Kier alpha value is -2.45. The number of halogens is 1. The van der Waals surface area contributed by atoms with Gasteiger partial charge < -0.3 is 4.57 Å². The van der Waals surface area contributed by atoms with E-state index >= 15 is 0 Å². The molecule has 1 fully saturated rings. The summed E-state index contributed by atoms with van der Waals surface area (Å²) < 4.78 is 1.52. The monoisotopic (exact) mass is 327 g/mol. The lowest BCUT2D eigenvalue weighted by atomic mass is 9.94. The summed E-state index contributed by atoms with van der Waals surface area (Å²) in [5, 5.41) is 9.92. The van der Waals surface area contributed by atoms with E-state index in [-0.39, 0.29) is 23.4 Å². The topological polar surface area (TPSA) is 75.8 Å². The average molecular weight is 328 g/mol. The van der Waals surface area contributed by atoms with E-state index in [0.29, 0.717) is 11.4 Å². The summed E-state index contributed by atoms with van der Waals surface area (Å²) in [6.45, 7) is 0. The number of aryl methyl sites for hydroxylation is 1. The Labute approximate surface area is 138 Å². The van der Waals surface area contributed by atoms with Crippen molar-refractivity contribution in [2.75, 3.05) is 0 Å². The number of ketones is 2. The van der Waals surface area contributed by atoms with Crippen LogP contribution in [0.25, 0.3) is 0 Å². The molecule has 0 amide bonds. The van der Waals surface area contributed by atoms with Crippen LogP contribution in [0.15, 0.2) is 36.7 Å². The van der Waals surface area contributed by atoms with Gasteiger partial charge in [0.1, 0.15) is 0 Å². The van der Waals surface area contributed by atoms with E-state index in [1.165, 1.54) is 10.8 Å². The lowest BCUT2D eigenvalue weighted by Gasteiger charge is -2.07. The first kappa shape index (κ1) is 15.4. The molecule has 0 spiro atoms. The molecule has 1 aromatic heterocycles. The molecule has 0 radical (unpaired) electrons. The van der Waals surface area contributed by atoms with E-state index in [1.807, 2.05) is 18.2 Å². The maximum absolute atomic E-state index is 12.5. The van der Waals surface area contributed by atoms with Gasteiger partial charge in [0.2, 0.25) is 5.78 Å². The summed E-state index contributed by atoms with van der Waals surface area (Å²) in [4.78, 5) is 28.8. The van der Waals surface area contributed by atoms with Crippen LogP contribution in [0.3, 0.4) is 0 Å². The zero-order chi connectivity index (χ0) is 16.6. The van der Waals surface area contributed by atoms with E-state index in [4.69, 9.17) is 11.6 Å². The Morgan fingerprint density at radius 2 is 2.09 bits per heavy atom. The van der Waals surface area contributed by atoms with Crippen LogP contribution in [0.4, 0.5) is 0 Å². The fourth-order valence-corrected chi connectivity index (χ4v) is 2.91. The van der Waals surface area contributed by atoms with Crippen LogP contribution in [-0.4, -0.2) is 21.1 Å². The minimum absolute atomic E-state index is 0.0600. The minimum Gasteiger partial charge on any atom is -0.332 e. The van der Waals surface area contributed by atoms with Crippen LogP contribution in [0, 0.1) is 23.2 Å². The van der Waals surface area contributed by atoms with Gasteiger partial charge in [-0.25, -0.2) is 4.98 Å². The number of rotatable bonds is 5. The number of hydrogen-bond donors (Lipinski definition) is 0. The number of aromatic nitrogens is 2. The third kappa shape index (κ3) is 2.90.